The molecule has 0 saturated carbocycles. The molecule has 0 saturated heterocycles. The van der Waals surface area contributed by atoms with Gasteiger partial charge in [0.1, 0.15) is 5.54 Å². The molecule has 4 N–H and O–H groups in total. The second-order valence-corrected chi connectivity index (χ2v) is 7.77. The van der Waals surface area contributed by atoms with Crippen LogP contribution in [0.15, 0.2) is 5.16 Å². The summed E-state index contributed by atoms with van der Waals surface area (Å²) >= 11 is 7.23. The number of halogens is 1. The van der Waals surface area contributed by atoms with Crippen LogP contribution in [0.3, 0.4) is 0 Å². The molecule has 2 rings (SSSR count). The van der Waals surface area contributed by atoms with Crippen molar-refractivity contribution in [3.05, 3.63) is 5.28 Å². The van der Waals surface area contributed by atoms with Crippen LogP contribution < -0.4 is 21.3 Å². The van der Waals surface area contributed by atoms with E-state index in [1.165, 1.54) is 11.8 Å². The molecule has 2 aromatic heterocycles. The van der Waals surface area contributed by atoms with E-state index in [1.807, 2.05) is 27.0 Å². The maximum Gasteiger partial charge on any atom is 0.230 e. The maximum absolute atomic E-state index is 8.87. The van der Waals surface area contributed by atoms with Gasteiger partial charge >= 0.3 is 0 Å². The zero-order valence-electron chi connectivity index (χ0n) is 18.2. The smallest absolute Gasteiger partial charge is 0.230 e. The SMILES string of the molecule is CCNc1nc(Cl)nc(NC(C)(C)C#N)n1.CNc1nc(NC(C)C)nc(SC)n1. The van der Waals surface area contributed by atoms with E-state index in [0.29, 0.717) is 35.6 Å². The van der Waals surface area contributed by atoms with Crippen LogP contribution in [0.5, 0.6) is 0 Å². The first-order valence-electron chi connectivity index (χ1n) is 9.21. The summed E-state index contributed by atoms with van der Waals surface area (Å²) in [5, 5.41) is 21.5. The van der Waals surface area contributed by atoms with Gasteiger partial charge in [0.05, 0.1) is 6.07 Å². The molecule has 0 fully saturated rings. The molecule has 0 spiro atoms. The Hall–Kier alpha value is -2.65. The molecule has 0 radical (unpaired) electrons. The van der Waals surface area contributed by atoms with Crippen LogP contribution in [0.2, 0.25) is 5.28 Å². The van der Waals surface area contributed by atoms with E-state index >= 15 is 0 Å². The summed E-state index contributed by atoms with van der Waals surface area (Å²) < 4.78 is 0. The quantitative estimate of drug-likeness (QED) is 0.434. The van der Waals surface area contributed by atoms with E-state index < -0.39 is 5.54 Å². The molecule has 0 aromatic carbocycles. The number of anilines is 4. The molecule has 0 aliphatic carbocycles. The normalized spacial score (nSPS) is 10.5. The summed E-state index contributed by atoms with van der Waals surface area (Å²) in [5.74, 6) is 1.87. The predicted molar refractivity (Wildman–Crippen MR) is 122 cm³/mol. The van der Waals surface area contributed by atoms with Crippen molar-refractivity contribution < 1.29 is 0 Å². The molecule has 0 aliphatic rings. The van der Waals surface area contributed by atoms with Crippen LogP contribution in [-0.4, -0.2) is 61.3 Å². The van der Waals surface area contributed by atoms with Gasteiger partial charge in [-0.05, 0) is 52.5 Å². The van der Waals surface area contributed by atoms with E-state index in [2.05, 4.69) is 57.2 Å². The number of thioether (sulfide) groups is 1. The van der Waals surface area contributed by atoms with Crippen LogP contribution in [0, 0.1) is 11.3 Å². The monoisotopic (exact) mass is 453 g/mol. The lowest BCUT2D eigenvalue weighted by molar-refractivity contribution is 0.715. The fourth-order valence-corrected chi connectivity index (χ4v) is 2.35. The Morgan fingerprint density at radius 1 is 1.03 bits per heavy atom. The van der Waals surface area contributed by atoms with Gasteiger partial charge in [0.25, 0.3) is 0 Å². The molecule has 2 aromatic rings. The first kappa shape index (κ1) is 25.4. The Balaban J connectivity index is 0.000000303. The van der Waals surface area contributed by atoms with Gasteiger partial charge in [-0.25, -0.2) is 0 Å². The third kappa shape index (κ3) is 9.23. The standard InChI is InChI=1S/C9H13ClN6.C8H15N5S/c1-4-12-7-13-6(10)14-8(15-7)16-9(2,3)5-11;1-5(2)10-7-11-6(9-3)12-8(13-7)14-4/h4H2,1-3H3,(H2,12,13,14,15,16);5H,1-4H3,(H2,9,10,11,12,13). The minimum absolute atomic E-state index is 0.0854. The van der Waals surface area contributed by atoms with Crippen molar-refractivity contribution in [3.8, 4) is 6.07 Å². The first-order valence-corrected chi connectivity index (χ1v) is 10.8. The molecule has 0 bridgehead atoms. The van der Waals surface area contributed by atoms with Gasteiger partial charge in [-0.2, -0.15) is 35.2 Å². The van der Waals surface area contributed by atoms with E-state index in [0.717, 1.165) is 0 Å². The van der Waals surface area contributed by atoms with Crippen LogP contribution >= 0.6 is 23.4 Å². The second-order valence-electron chi connectivity index (χ2n) is 6.66. The lowest BCUT2D eigenvalue weighted by Gasteiger charge is -2.17. The molecule has 2 heterocycles. The van der Waals surface area contributed by atoms with Crippen molar-refractivity contribution >= 4 is 47.2 Å². The molecule has 0 amide bonds. The highest BCUT2D eigenvalue weighted by atomic mass is 35.5. The second kappa shape index (κ2) is 12.1. The molecule has 0 atom stereocenters. The van der Waals surface area contributed by atoms with Gasteiger partial charge in [0, 0.05) is 19.6 Å². The summed E-state index contributed by atoms with van der Waals surface area (Å²) in [6.07, 6.45) is 1.94. The highest BCUT2D eigenvalue weighted by Gasteiger charge is 2.18. The fraction of sp³-hybridized carbons (Fsp3) is 0.588. The number of aromatic nitrogens is 6. The third-order valence-corrected chi connectivity index (χ3v) is 3.80. The van der Waals surface area contributed by atoms with Gasteiger partial charge < -0.3 is 21.3 Å². The Morgan fingerprint density at radius 2 is 1.63 bits per heavy atom. The van der Waals surface area contributed by atoms with E-state index in [1.54, 1.807) is 20.9 Å². The Labute approximate surface area is 186 Å². The summed E-state index contributed by atoms with van der Waals surface area (Å²) in [6, 6.07) is 2.40. The summed E-state index contributed by atoms with van der Waals surface area (Å²) in [4.78, 5) is 24.4. The van der Waals surface area contributed by atoms with Crippen LogP contribution in [0.1, 0.15) is 34.6 Å². The van der Waals surface area contributed by atoms with Crippen molar-refractivity contribution in [3.63, 3.8) is 0 Å². The average Bonchev–Trinajstić information content (AvgIpc) is 2.67. The fourth-order valence-electron chi connectivity index (χ4n) is 1.83. The van der Waals surface area contributed by atoms with Gasteiger partial charge in [-0.15, -0.1) is 0 Å². The molecule has 0 unspecified atom stereocenters. The van der Waals surface area contributed by atoms with Crippen molar-refractivity contribution in [2.45, 2.75) is 51.4 Å². The Kier molecular flexibility index (Phi) is 10.3. The summed E-state index contributed by atoms with van der Waals surface area (Å²) in [7, 11) is 1.79. The lowest BCUT2D eigenvalue weighted by atomic mass is 10.1. The minimum atomic E-state index is -0.756. The Morgan fingerprint density at radius 3 is 2.17 bits per heavy atom. The van der Waals surface area contributed by atoms with E-state index in [4.69, 9.17) is 16.9 Å². The highest BCUT2D eigenvalue weighted by Crippen LogP contribution is 2.14. The number of hydrogen-bond acceptors (Lipinski definition) is 12. The zero-order chi connectivity index (χ0) is 22.7. The van der Waals surface area contributed by atoms with E-state index in [-0.39, 0.29) is 11.2 Å². The number of rotatable bonds is 8. The lowest BCUT2D eigenvalue weighted by Crippen LogP contribution is -2.29. The third-order valence-electron chi connectivity index (χ3n) is 3.09. The molecule has 13 heteroatoms. The number of hydrogen-bond donors (Lipinski definition) is 4. The van der Waals surface area contributed by atoms with Crippen LogP contribution in [0.4, 0.5) is 23.8 Å². The van der Waals surface area contributed by atoms with Crippen LogP contribution in [-0.2, 0) is 0 Å². The van der Waals surface area contributed by atoms with Gasteiger partial charge in [-0.1, -0.05) is 11.8 Å². The first-order chi connectivity index (χ1) is 14.1. The number of nitrogens with one attached hydrogen (secondary N) is 4. The van der Waals surface area contributed by atoms with Crippen molar-refractivity contribution in [2.75, 3.05) is 41.1 Å². The summed E-state index contributed by atoms with van der Waals surface area (Å²) in [6.45, 7) is 10.1. The van der Waals surface area contributed by atoms with Crippen molar-refractivity contribution in [1.29, 1.82) is 5.26 Å². The molecule has 30 heavy (non-hydrogen) atoms. The van der Waals surface area contributed by atoms with Crippen molar-refractivity contribution in [1.82, 2.24) is 29.9 Å². The topological polar surface area (TPSA) is 149 Å². The molecular weight excluding hydrogens is 426 g/mol. The average molecular weight is 454 g/mol. The van der Waals surface area contributed by atoms with Gasteiger partial charge in [0.2, 0.25) is 29.1 Å². The number of nitrogens with zero attached hydrogens (tertiary/aromatic N) is 7. The van der Waals surface area contributed by atoms with E-state index in [9.17, 15) is 0 Å². The minimum Gasteiger partial charge on any atom is -0.357 e. The molecule has 164 valence electrons. The van der Waals surface area contributed by atoms with Crippen molar-refractivity contribution in [2.24, 2.45) is 0 Å². The number of nitriles is 1. The molecular formula is C17H28ClN11S. The maximum atomic E-state index is 8.87. The predicted octanol–water partition coefficient (Wildman–Crippen LogP) is 3.13. The van der Waals surface area contributed by atoms with Crippen LogP contribution in [0.25, 0.3) is 0 Å². The Bertz CT molecular complexity index is 832. The van der Waals surface area contributed by atoms with Gasteiger partial charge in [-0.3, -0.25) is 0 Å². The summed E-state index contributed by atoms with van der Waals surface area (Å²) in [5.41, 5.74) is -0.756. The largest absolute Gasteiger partial charge is 0.357 e. The molecule has 11 nitrogen and oxygen atoms in total. The zero-order valence-corrected chi connectivity index (χ0v) is 19.8. The molecule has 0 aliphatic heterocycles. The highest BCUT2D eigenvalue weighted by molar-refractivity contribution is 7.98. The van der Waals surface area contributed by atoms with Gasteiger partial charge in [0.15, 0.2) is 5.16 Å².